The maximum atomic E-state index is 14.6. The van der Waals surface area contributed by atoms with E-state index in [1.165, 1.54) is 19.4 Å². The third-order valence-electron chi connectivity index (χ3n) is 4.82. The quantitative estimate of drug-likeness (QED) is 0.644. The standard InChI is InChI=1S/C21H16Cl2FN3O2/c1-28-19-5-3-14(8-17(19)23)21(11-29-20(25)27-21)13-2-4-18(24)16(7-13)12-6-15(22)10-26-9-12/h2-10H,11H2,1H3,(H2,25,27). The Bertz CT molecular complexity index is 1120. The van der Waals surface area contributed by atoms with E-state index in [0.717, 1.165) is 5.56 Å². The normalized spacial score (nSPS) is 18.3. The summed E-state index contributed by atoms with van der Waals surface area (Å²) < 4.78 is 25.4. The lowest BCUT2D eigenvalue weighted by Crippen LogP contribution is -2.27. The van der Waals surface area contributed by atoms with Crippen molar-refractivity contribution in [3.63, 3.8) is 0 Å². The molecule has 2 N–H and O–H groups in total. The van der Waals surface area contributed by atoms with Crippen LogP contribution < -0.4 is 10.5 Å². The fraction of sp³-hybridized carbons (Fsp3) is 0.143. The number of methoxy groups -OCH3 is 1. The minimum absolute atomic E-state index is 0.0484. The van der Waals surface area contributed by atoms with Gasteiger partial charge in [-0.1, -0.05) is 35.3 Å². The molecule has 0 bridgehead atoms. The van der Waals surface area contributed by atoms with Crippen molar-refractivity contribution >= 4 is 29.2 Å². The Morgan fingerprint density at radius 2 is 1.86 bits per heavy atom. The van der Waals surface area contributed by atoms with Gasteiger partial charge in [0, 0.05) is 23.5 Å². The lowest BCUT2D eigenvalue weighted by Gasteiger charge is -2.26. The van der Waals surface area contributed by atoms with Crippen molar-refractivity contribution in [1.82, 2.24) is 4.98 Å². The van der Waals surface area contributed by atoms with E-state index in [1.54, 1.807) is 36.5 Å². The van der Waals surface area contributed by atoms with Crippen LogP contribution in [-0.4, -0.2) is 24.7 Å². The number of aromatic nitrogens is 1. The molecule has 4 rings (SSSR count). The number of rotatable bonds is 4. The number of amidine groups is 1. The summed E-state index contributed by atoms with van der Waals surface area (Å²) in [6, 6.07) is 11.8. The van der Waals surface area contributed by atoms with E-state index in [-0.39, 0.29) is 12.6 Å². The SMILES string of the molecule is COc1ccc(C2(c3ccc(F)c(-c4cncc(Cl)c4)c3)COC(N)=N2)cc1Cl. The summed E-state index contributed by atoms with van der Waals surface area (Å²) in [5, 5.41) is 0.835. The summed E-state index contributed by atoms with van der Waals surface area (Å²) in [5.41, 5.74) is 7.20. The van der Waals surface area contributed by atoms with E-state index < -0.39 is 11.4 Å². The Hall–Kier alpha value is -2.83. The third-order valence-corrected chi connectivity index (χ3v) is 5.32. The number of hydrogen-bond donors (Lipinski definition) is 1. The molecule has 29 heavy (non-hydrogen) atoms. The summed E-state index contributed by atoms with van der Waals surface area (Å²) in [7, 11) is 1.54. The fourth-order valence-electron chi connectivity index (χ4n) is 3.38. The molecule has 148 valence electrons. The fourth-order valence-corrected chi connectivity index (χ4v) is 3.81. The van der Waals surface area contributed by atoms with Crippen molar-refractivity contribution in [1.29, 1.82) is 0 Å². The molecule has 0 spiro atoms. The molecule has 0 saturated carbocycles. The van der Waals surface area contributed by atoms with Crippen molar-refractivity contribution in [2.24, 2.45) is 10.7 Å². The highest BCUT2D eigenvalue weighted by molar-refractivity contribution is 6.32. The van der Waals surface area contributed by atoms with E-state index in [4.69, 9.17) is 38.4 Å². The van der Waals surface area contributed by atoms with Gasteiger partial charge in [0.05, 0.1) is 17.2 Å². The summed E-state index contributed by atoms with van der Waals surface area (Å²) >= 11 is 12.4. The lowest BCUT2D eigenvalue weighted by atomic mass is 9.83. The summed E-state index contributed by atoms with van der Waals surface area (Å²) in [5.74, 6) is 0.128. The number of nitrogens with two attached hydrogens (primary N) is 1. The minimum Gasteiger partial charge on any atom is -0.495 e. The molecule has 2 heterocycles. The zero-order valence-corrected chi connectivity index (χ0v) is 16.8. The number of halogens is 3. The van der Waals surface area contributed by atoms with Crippen LogP contribution in [0, 0.1) is 5.82 Å². The second-order valence-corrected chi connectivity index (χ2v) is 7.38. The molecule has 8 heteroatoms. The first-order valence-electron chi connectivity index (χ1n) is 8.66. The van der Waals surface area contributed by atoms with Gasteiger partial charge >= 0.3 is 0 Å². The molecule has 3 aromatic rings. The van der Waals surface area contributed by atoms with Crippen LogP contribution in [0.5, 0.6) is 5.75 Å². The Morgan fingerprint density at radius 1 is 1.10 bits per heavy atom. The van der Waals surface area contributed by atoms with Gasteiger partial charge in [0.15, 0.2) is 5.54 Å². The van der Waals surface area contributed by atoms with Gasteiger partial charge in [-0.25, -0.2) is 9.38 Å². The Morgan fingerprint density at radius 3 is 2.52 bits per heavy atom. The van der Waals surface area contributed by atoms with Crippen molar-refractivity contribution in [3.8, 4) is 16.9 Å². The Labute approximate surface area is 176 Å². The van der Waals surface area contributed by atoms with Crippen LogP contribution in [0.1, 0.15) is 11.1 Å². The number of nitrogens with zero attached hydrogens (tertiary/aromatic N) is 2. The highest BCUT2D eigenvalue weighted by Crippen LogP contribution is 2.41. The first-order valence-corrected chi connectivity index (χ1v) is 9.41. The molecule has 1 atom stereocenters. The molecule has 1 aliphatic heterocycles. The number of ether oxygens (including phenoxy) is 2. The van der Waals surface area contributed by atoms with Crippen molar-refractivity contribution in [2.45, 2.75) is 5.54 Å². The molecule has 0 aliphatic carbocycles. The van der Waals surface area contributed by atoms with Crippen LogP contribution in [0.25, 0.3) is 11.1 Å². The van der Waals surface area contributed by atoms with Gasteiger partial charge < -0.3 is 15.2 Å². The van der Waals surface area contributed by atoms with Crippen molar-refractivity contribution in [3.05, 3.63) is 81.8 Å². The van der Waals surface area contributed by atoms with Crippen LogP contribution in [0.15, 0.2) is 59.9 Å². The number of pyridine rings is 1. The van der Waals surface area contributed by atoms with E-state index in [1.807, 2.05) is 6.07 Å². The number of hydrogen-bond acceptors (Lipinski definition) is 5. The van der Waals surface area contributed by atoms with Gasteiger partial charge in [-0.3, -0.25) is 4.98 Å². The Kier molecular flexibility index (Phi) is 5.06. The maximum Gasteiger partial charge on any atom is 0.283 e. The first-order chi connectivity index (χ1) is 13.9. The summed E-state index contributed by atoms with van der Waals surface area (Å²) in [6.07, 6.45) is 3.04. The molecular formula is C21H16Cl2FN3O2. The molecular weight excluding hydrogens is 416 g/mol. The largest absolute Gasteiger partial charge is 0.495 e. The first kappa shape index (κ1) is 19.5. The Balaban J connectivity index is 1.90. The van der Waals surface area contributed by atoms with Gasteiger partial charge in [0.2, 0.25) is 0 Å². The smallest absolute Gasteiger partial charge is 0.283 e. The van der Waals surface area contributed by atoms with E-state index in [0.29, 0.717) is 32.5 Å². The molecule has 0 saturated heterocycles. The maximum absolute atomic E-state index is 14.6. The van der Waals surface area contributed by atoms with Gasteiger partial charge in [-0.05, 0) is 41.5 Å². The van der Waals surface area contributed by atoms with Crippen LogP contribution in [0.4, 0.5) is 4.39 Å². The van der Waals surface area contributed by atoms with Crippen molar-refractivity contribution in [2.75, 3.05) is 13.7 Å². The zero-order chi connectivity index (χ0) is 20.6. The zero-order valence-electron chi connectivity index (χ0n) is 15.3. The predicted molar refractivity (Wildman–Crippen MR) is 111 cm³/mol. The summed E-state index contributed by atoms with van der Waals surface area (Å²) in [6.45, 7) is 0.153. The molecule has 1 unspecified atom stereocenters. The second-order valence-electron chi connectivity index (χ2n) is 6.53. The van der Waals surface area contributed by atoms with Gasteiger partial charge in [0.1, 0.15) is 18.2 Å². The van der Waals surface area contributed by atoms with Crippen molar-refractivity contribution < 1.29 is 13.9 Å². The topological polar surface area (TPSA) is 69.7 Å². The third kappa shape index (κ3) is 3.50. The van der Waals surface area contributed by atoms with E-state index >= 15 is 0 Å². The summed E-state index contributed by atoms with van der Waals surface area (Å²) in [4.78, 5) is 8.59. The van der Waals surface area contributed by atoms with Crippen LogP contribution in [0.3, 0.4) is 0 Å². The number of aliphatic imine (C=N–C) groups is 1. The van der Waals surface area contributed by atoms with Crippen LogP contribution in [0.2, 0.25) is 10.0 Å². The lowest BCUT2D eigenvalue weighted by molar-refractivity contribution is 0.278. The molecule has 5 nitrogen and oxygen atoms in total. The van der Waals surface area contributed by atoms with Gasteiger partial charge in [0.25, 0.3) is 6.02 Å². The second kappa shape index (κ2) is 7.54. The van der Waals surface area contributed by atoms with E-state index in [9.17, 15) is 4.39 Å². The molecule has 1 aliphatic rings. The van der Waals surface area contributed by atoms with Crippen LogP contribution >= 0.6 is 23.2 Å². The molecule has 2 aromatic carbocycles. The minimum atomic E-state index is -0.978. The molecule has 0 fully saturated rings. The molecule has 1 aromatic heterocycles. The van der Waals surface area contributed by atoms with Crippen LogP contribution in [-0.2, 0) is 10.3 Å². The number of benzene rings is 2. The average molecular weight is 432 g/mol. The molecule has 0 radical (unpaired) electrons. The average Bonchev–Trinajstić information content (AvgIpc) is 3.11. The molecule has 0 amide bonds. The van der Waals surface area contributed by atoms with Gasteiger partial charge in [-0.15, -0.1) is 0 Å². The van der Waals surface area contributed by atoms with E-state index in [2.05, 4.69) is 9.98 Å². The monoisotopic (exact) mass is 431 g/mol. The van der Waals surface area contributed by atoms with Gasteiger partial charge in [-0.2, -0.15) is 0 Å². The highest BCUT2D eigenvalue weighted by Gasteiger charge is 2.41. The highest BCUT2D eigenvalue weighted by atomic mass is 35.5. The predicted octanol–water partition coefficient (Wildman–Crippen LogP) is 4.79.